The van der Waals surface area contributed by atoms with Gasteiger partial charge in [-0.15, -0.1) is 0 Å². The summed E-state index contributed by atoms with van der Waals surface area (Å²) in [5, 5.41) is 0. The monoisotopic (exact) mass is 837 g/mol. The summed E-state index contributed by atoms with van der Waals surface area (Å²) in [6.07, 6.45) is 48.7. The van der Waals surface area contributed by atoms with Gasteiger partial charge in [-0.05, 0) is 25.7 Å². The van der Waals surface area contributed by atoms with Crippen LogP contribution in [-0.2, 0) is 32.7 Å². The lowest BCUT2D eigenvalue weighted by Gasteiger charge is -2.24. The average molecular weight is 837 g/mol. The Morgan fingerprint density at radius 3 is 1.45 bits per heavy atom. The maximum atomic E-state index is 12.6. The van der Waals surface area contributed by atoms with E-state index in [1.807, 2.05) is 75.8 Å². The summed E-state index contributed by atoms with van der Waals surface area (Å²) in [6, 6.07) is 0. The molecule has 0 aliphatic carbocycles. The molecule has 0 saturated heterocycles. The number of likely N-dealkylation sites (N-methyl/N-ethyl adjacent to an activating group) is 1. The fraction of sp³-hybridized carbons (Fsp3) is 0.750. The minimum atomic E-state index is -4.39. The topological polar surface area (TPSA) is 108 Å². The number of carbonyl (C=O) groups is 2. The van der Waals surface area contributed by atoms with Crippen LogP contribution >= 0.6 is 7.82 Å². The van der Waals surface area contributed by atoms with Crippen LogP contribution < -0.4 is 0 Å². The summed E-state index contributed by atoms with van der Waals surface area (Å²) in [7, 11) is 1.43. The first-order valence-electron chi connectivity index (χ1n) is 23.1. The Hall–Kier alpha value is -2.29. The molecular weight excluding hydrogens is 750 g/mol. The number of rotatable bonds is 41. The second-order valence-corrected chi connectivity index (χ2v) is 18.0. The highest BCUT2D eigenvalue weighted by molar-refractivity contribution is 7.47. The third kappa shape index (κ3) is 43.3. The van der Waals surface area contributed by atoms with Crippen molar-refractivity contribution in [1.82, 2.24) is 0 Å². The number of allylic oxidation sites excluding steroid dienone is 10. The third-order valence-corrected chi connectivity index (χ3v) is 10.7. The predicted octanol–water partition coefficient (Wildman–Crippen LogP) is 13.2. The van der Waals surface area contributed by atoms with E-state index in [-0.39, 0.29) is 32.0 Å². The molecule has 2 atom stereocenters. The number of phosphoric acid groups is 1. The van der Waals surface area contributed by atoms with Gasteiger partial charge in [0, 0.05) is 12.8 Å². The molecule has 0 aromatic carbocycles. The normalized spacial score (nSPS) is 14.1. The van der Waals surface area contributed by atoms with E-state index in [1.54, 1.807) is 0 Å². The van der Waals surface area contributed by atoms with E-state index < -0.39 is 26.5 Å². The maximum absolute atomic E-state index is 12.6. The number of ether oxygens (including phenoxy) is 2. The number of nitrogens with zero attached hydrogens (tertiary/aromatic N) is 1. The van der Waals surface area contributed by atoms with Gasteiger partial charge in [-0.25, -0.2) is 4.57 Å². The Morgan fingerprint density at radius 1 is 0.552 bits per heavy atom. The highest BCUT2D eigenvalue weighted by atomic mass is 31.2. The Bertz CT molecular complexity index is 1170. The molecule has 0 fully saturated rings. The lowest BCUT2D eigenvalue weighted by molar-refractivity contribution is -0.870. The van der Waals surface area contributed by atoms with Crippen LogP contribution in [0.25, 0.3) is 0 Å². The van der Waals surface area contributed by atoms with Crippen LogP contribution in [0.3, 0.4) is 0 Å². The second-order valence-electron chi connectivity index (χ2n) is 16.5. The van der Waals surface area contributed by atoms with Gasteiger partial charge in [0.25, 0.3) is 0 Å². The molecule has 9 nitrogen and oxygen atoms in total. The average Bonchev–Trinajstić information content (AvgIpc) is 3.17. The van der Waals surface area contributed by atoms with Gasteiger partial charge < -0.3 is 18.9 Å². The molecule has 336 valence electrons. The molecule has 0 amide bonds. The van der Waals surface area contributed by atoms with Crippen molar-refractivity contribution in [2.24, 2.45) is 0 Å². The van der Waals surface area contributed by atoms with E-state index in [2.05, 4.69) is 19.9 Å². The highest BCUT2D eigenvalue weighted by Crippen LogP contribution is 2.43. The Kier molecular flexibility index (Phi) is 38.5. The summed E-state index contributed by atoms with van der Waals surface area (Å²) in [5.74, 6) is -0.883. The summed E-state index contributed by atoms with van der Waals surface area (Å²) < 4.78 is 34.2. The molecule has 0 radical (unpaired) electrons. The number of quaternary nitrogens is 1. The minimum absolute atomic E-state index is 0.0168. The van der Waals surface area contributed by atoms with E-state index in [9.17, 15) is 19.0 Å². The van der Waals surface area contributed by atoms with Crippen molar-refractivity contribution in [3.63, 3.8) is 0 Å². The van der Waals surface area contributed by atoms with Gasteiger partial charge in [0.2, 0.25) is 0 Å². The SMILES string of the molecule is CC/C=C/C=C/C=C/C=C/C=C/CCCC(=O)OC(COC(=O)CCCCCCCCCCCCCCCCCCCCCCC)COP(=O)(O)OCC[N+](C)(C)C. The van der Waals surface area contributed by atoms with Crippen LogP contribution in [0.15, 0.2) is 60.8 Å². The zero-order chi connectivity index (χ0) is 42.8. The van der Waals surface area contributed by atoms with Crippen LogP contribution in [0.1, 0.15) is 181 Å². The lowest BCUT2D eigenvalue weighted by atomic mass is 10.0. The number of phosphoric ester groups is 1. The van der Waals surface area contributed by atoms with Crippen molar-refractivity contribution in [2.75, 3.05) is 47.5 Å². The van der Waals surface area contributed by atoms with Crippen LogP contribution in [0.4, 0.5) is 0 Å². The van der Waals surface area contributed by atoms with Crippen LogP contribution in [-0.4, -0.2) is 74.9 Å². The van der Waals surface area contributed by atoms with Gasteiger partial charge in [0.15, 0.2) is 6.10 Å². The van der Waals surface area contributed by atoms with Gasteiger partial charge in [0.05, 0.1) is 27.7 Å². The van der Waals surface area contributed by atoms with Crippen molar-refractivity contribution in [2.45, 2.75) is 187 Å². The Labute approximate surface area is 356 Å². The molecule has 0 heterocycles. The van der Waals surface area contributed by atoms with Gasteiger partial charge in [-0.3, -0.25) is 18.6 Å². The lowest BCUT2D eigenvalue weighted by Crippen LogP contribution is -2.37. The van der Waals surface area contributed by atoms with Gasteiger partial charge >= 0.3 is 19.8 Å². The molecule has 0 rings (SSSR count). The predicted molar refractivity (Wildman–Crippen MR) is 243 cm³/mol. The molecule has 2 unspecified atom stereocenters. The third-order valence-electron chi connectivity index (χ3n) is 9.69. The quantitative estimate of drug-likeness (QED) is 0.0213. The number of hydrogen-bond donors (Lipinski definition) is 1. The maximum Gasteiger partial charge on any atom is 0.472 e. The minimum Gasteiger partial charge on any atom is -0.462 e. The first-order chi connectivity index (χ1) is 28.0. The van der Waals surface area contributed by atoms with Crippen molar-refractivity contribution in [3.05, 3.63) is 60.8 Å². The fourth-order valence-corrected chi connectivity index (χ4v) is 6.85. The summed E-state index contributed by atoms with van der Waals surface area (Å²) >= 11 is 0. The van der Waals surface area contributed by atoms with E-state index in [0.717, 1.165) is 25.7 Å². The summed E-state index contributed by atoms with van der Waals surface area (Å²) in [4.78, 5) is 35.3. The largest absolute Gasteiger partial charge is 0.472 e. The molecule has 0 aromatic rings. The number of unbranched alkanes of at least 4 members (excludes halogenated alkanes) is 21. The Balaban J connectivity index is 4.31. The van der Waals surface area contributed by atoms with Crippen LogP contribution in [0.2, 0.25) is 0 Å². The molecule has 58 heavy (non-hydrogen) atoms. The highest BCUT2D eigenvalue weighted by Gasteiger charge is 2.27. The number of carbonyl (C=O) groups excluding carboxylic acids is 2. The smallest absolute Gasteiger partial charge is 0.462 e. The molecule has 0 bridgehead atoms. The molecule has 0 aliphatic rings. The standard InChI is InChI=1S/C48H86NO8P/c1-6-8-10-12-14-16-18-20-21-22-23-24-25-26-27-29-30-32-34-36-38-40-47(50)54-44-46(45-56-58(52,53)55-43-42-49(3,4)5)57-48(51)41-39-37-35-33-31-28-19-17-15-13-11-9-7-2/h9,11,13,15,17,19,28,31,33,35,46H,6-8,10,12,14,16,18,20-27,29-30,32,34,36-45H2,1-5H3/p+1/b11-9+,15-13+,19-17+,31-28+,35-33+. The van der Waals surface area contributed by atoms with E-state index in [4.69, 9.17) is 18.5 Å². The van der Waals surface area contributed by atoms with Crippen molar-refractivity contribution in [3.8, 4) is 0 Å². The van der Waals surface area contributed by atoms with Gasteiger partial charge in [-0.2, -0.15) is 0 Å². The molecule has 1 N–H and O–H groups in total. The van der Waals surface area contributed by atoms with E-state index >= 15 is 0 Å². The van der Waals surface area contributed by atoms with Crippen LogP contribution in [0.5, 0.6) is 0 Å². The van der Waals surface area contributed by atoms with E-state index in [1.165, 1.54) is 116 Å². The second kappa shape index (κ2) is 40.1. The zero-order valence-corrected chi connectivity index (χ0v) is 38.7. The van der Waals surface area contributed by atoms with Gasteiger partial charge in [-0.1, -0.05) is 203 Å². The first-order valence-corrected chi connectivity index (χ1v) is 24.6. The number of hydrogen-bond acceptors (Lipinski definition) is 7. The molecule has 0 aliphatic heterocycles. The Morgan fingerprint density at radius 2 is 0.983 bits per heavy atom. The molecule has 0 aromatic heterocycles. The summed E-state index contributed by atoms with van der Waals surface area (Å²) in [6.45, 7) is 4.20. The van der Waals surface area contributed by atoms with E-state index in [0.29, 0.717) is 23.9 Å². The van der Waals surface area contributed by atoms with Crippen molar-refractivity contribution < 1.29 is 42.1 Å². The number of esters is 2. The van der Waals surface area contributed by atoms with Crippen LogP contribution in [0, 0.1) is 0 Å². The molecule has 0 spiro atoms. The summed E-state index contributed by atoms with van der Waals surface area (Å²) in [5.41, 5.74) is 0. The van der Waals surface area contributed by atoms with Crippen molar-refractivity contribution >= 4 is 19.8 Å². The molecule has 10 heteroatoms. The molecule has 0 saturated carbocycles. The fourth-order valence-electron chi connectivity index (χ4n) is 6.10. The molecular formula is C48H87NO8P+. The van der Waals surface area contributed by atoms with Crippen molar-refractivity contribution in [1.29, 1.82) is 0 Å². The van der Waals surface area contributed by atoms with Gasteiger partial charge in [0.1, 0.15) is 19.8 Å². The zero-order valence-electron chi connectivity index (χ0n) is 37.8. The first kappa shape index (κ1) is 55.7.